The first-order chi connectivity index (χ1) is 8.74. The average molecular weight is 245 g/mol. The summed E-state index contributed by atoms with van der Waals surface area (Å²) >= 11 is 0. The number of carboxylic acids is 1. The molecule has 3 heterocycles. The van der Waals surface area contributed by atoms with Crippen molar-refractivity contribution in [3.05, 3.63) is 30.6 Å². The predicted octanol–water partition coefficient (Wildman–Crippen LogP) is -0.439. The van der Waals surface area contributed by atoms with Gasteiger partial charge in [0.05, 0.1) is 12.4 Å². The van der Waals surface area contributed by atoms with E-state index in [0.29, 0.717) is 5.69 Å². The van der Waals surface area contributed by atoms with E-state index in [4.69, 9.17) is 5.11 Å². The second-order valence-electron chi connectivity index (χ2n) is 3.70. The molecule has 0 amide bonds. The van der Waals surface area contributed by atoms with Crippen molar-refractivity contribution < 1.29 is 14.4 Å². The number of H-pyrrole nitrogens is 2. The van der Waals surface area contributed by atoms with Gasteiger partial charge >= 0.3 is 11.6 Å². The quantitative estimate of drug-likeness (QED) is 0.541. The Balaban J connectivity index is 1.98. The third kappa shape index (κ3) is 1.69. The van der Waals surface area contributed by atoms with E-state index in [1.54, 1.807) is 16.9 Å². The SMILES string of the molecule is O=C(O)Cc1ncc(-c2c[nH][n+]3cc[nH]c23)nn1. The Morgan fingerprint density at radius 2 is 2.33 bits per heavy atom. The molecule has 0 aromatic carbocycles. The molecule has 3 N–H and O–H groups in total. The molecule has 3 aromatic heterocycles. The first-order valence-electron chi connectivity index (χ1n) is 5.21. The van der Waals surface area contributed by atoms with Gasteiger partial charge in [0.1, 0.15) is 23.9 Å². The summed E-state index contributed by atoms with van der Waals surface area (Å²) in [4.78, 5) is 17.5. The molecule has 0 aliphatic heterocycles. The summed E-state index contributed by atoms with van der Waals surface area (Å²) in [7, 11) is 0. The number of aromatic nitrogens is 6. The lowest BCUT2D eigenvalue weighted by molar-refractivity contribution is -0.574. The van der Waals surface area contributed by atoms with Crippen molar-refractivity contribution in [2.75, 3.05) is 0 Å². The van der Waals surface area contributed by atoms with Crippen LogP contribution in [-0.4, -0.2) is 36.3 Å². The smallest absolute Gasteiger partial charge is 0.314 e. The number of fused-ring (bicyclic) bond motifs is 1. The Labute approximate surface area is 100 Å². The first-order valence-corrected chi connectivity index (χ1v) is 5.21. The number of hydrogen-bond donors (Lipinski definition) is 3. The van der Waals surface area contributed by atoms with Crippen molar-refractivity contribution in [2.24, 2.45) is 0 Å². The molecule has 90 valence electrons. The Morgan fingerprint density at radius 1 is 1.44 bits per heavy atom. The number of carboxylic acid groups (broad SMARTS) is 1. The second-order valence-corrected chi connectivity index (χ2v) is 3.70. The minimum atomic E-state index is -0.978. The van der Waals surface area contributed by atoms with Crippen LogP contribution in [0.3, 0.4) is 0 Å². The summed E-state index contributed by atoms with van der Waals surface area (Å²) < 4.78 is 1.79. The molecule has 3 aromatic rings. The summed E-state index contributed by atoms with van der Waals surface area (Å²) in [6.07, 6.45) is 6.67. The monoisotopic (exact) mass is 245 g/mol. The average Bonchev–Trinajstić information content (AvgIpc) is 2.91. The van der Waals surface area contributed by atoms with Gasteiger partial charge in [0.25, 0.3) is 0 Å². The number of aromatic amines is 2. The van der Waals surface area contributed by atoms with Crippen molar-refractivity contribution in [1.29, 1.82) is 0 Å². The van der Waals surface area contributed by atoms with Gasteiger partial charge in [0.2, 0.25) is 0 Å². The van der Waals surface area contributed by atoms with Gasteiger partial charge in [-0.25, -0.2) is 15.1 Å². The van der Waals surface area contributed by atoms with E-state index in [-0.39, 0.29) is 12.2 Å². The molecular formula is C10H9N6O2+. The van der Waals surface area contributed by atoms with Crippen LogP contribution >= 0.6 is 0 Å². The zero-order valence-corrected chi connectivity index (χ0v) is 9.16. The van der Waals surface area contributed by atoms with Crippen molar-refractivity contribution in [2.45, 2.75) is 6.42 Å². The predicted molar refractivity (Wildman–Crippen MR) is 58.5 cm³/mol. The maximum absolute atomic E-state index is 10.5. The Bertz CT molecular complexity index is 699. The van der Waals surface area contributed by atoms with Crippen molar-refractivity contribution in [3.8, 4) is 11.3 Å². The number of hydrogen-bond acceptors (Lipinski definition) is 4. The van der Waals surface area contributed by atoms with Gasteiger partial charge in [-0.15, -0.1) is 14.7 Å². The summed E-state index contributed by atoms with van der Waals surface area (Å²) in [5, 5.41) is 19.4. The molecule has 0 atom stereocenters. The van der Waals surface area contributed by atoms with Gasteiger partial charge in [0, 0.05) is 0 Å². The van der Waals surface area contributed by atoms with E-state index in [1.165, 1.54) is 6.20 Å². The third-order valence-electron chi connectivity index (χ3n) is 2.48. The fourth-order valence-electron chi connectivity index (χ4n) is 1.69. The molecule has 0 fully saturated rings. The third-order valence-corrected chi connectivity index (χ3v) is 2.48. The summed E-state index contributed by atoms with van der Waals surface area (Å²) in [5.41, 5.74) is 2.24. The number of nitrogens with zero attached hydrogens (tertiary/aromatic N) is 4. The number of aliphatic carboxylic acids is 1. The van der Waals surface area contributed by atoms with Crippen LogP contribution in [-0.2, 0) is 11.2 Å². The zero-order chi connectivity index (χ0) is 12.5. The van der Waals surface area contributed by atoms with Crippen LogP contribution in [0, 0.1) is 0 Å². The summed E-state index contributed by atoms with van der Waals surface area (Å²) in [6.45, 7) is 0. The molecule has 0 saturated carbocycles. The molecule has 0 unspecified atom stereocenters. The van der Waals surface area contributed by atoms with Crippen LogP contribution in [0.25, 0.3) is 16.9 Å². The Morgan fingerprint density at radius 3 is 3.06 bits per heavy atom. The number of carbonyl (C=O) groups is 1. The molecule has 0 spiro atoms. The topological polar surface area (TPSA) is 112 Å². The zero-order valence-electron chi connectivity index (χ0n) is 9.16. The van der Waals surface area contributed by atoms with Crippen LogP contribution in [0.15, 0.2) is 24.8 Å². The highest BCUT2D eigenvalue weighted by Gasteiger charge is 2.15. The lowest BCUT2D eigenvalue weighted by atomic mass is 10.2. The van der Waals surface area contributed by atoms with E-state index in [2.05, 4.69) is 25.3 Å². The molecule has 0 aliphatic carbocycles. The largest absolute Gasteiger partial charge is 0.481 e. The number of imidazole rings is 1. The second kappa shape index (κ2) is 3.91. The molecule has 0 bridgehead atoms. The Kier molecular flexibility index (Phi) is 2.26. The molecular weight excluding hydrogens is 236 g/mol. The van der Waals surface area contributed by atoms with Gasteiger partial charge in [-0.1, -0.05) is 0 Å². The maximum atomic E-state index is 10.5. The van der Waals surface area contributed by atoms with E-state index in [1.807, 2.05) is 6.20 Å². The van der Waals surface area contributed by atoms with E-state index < -0.39 is 5.97 Å². The fraction of sp³-hybridized carbons (Fsp3) is 0.100. The summed E-state index contributed by atoms with van der Waals surface area (Å²) in [5.74, 6) is -0.786. The minimum Gasteiger partial charge on any atom is -0.481 e. The van der Waals surface area contributed by atoms with Crippen LogP contribution in [0.4, 0.5) is 0 Å². The molecule has 0 radical (unpaired) electrons. The van der Waals surface area contributed by atoms with E-state index in [0.717, 1.165) is 11.2 Å². The molecule has 3 rings (SSSR count). The van der Waals surface area contributed by atoms with Gasteiger partial charge in [-0.2, -0.15) is 0 Å². The first kappa shape index (κ1) is 10.4. The molecule has 8 nitrogen and oxygen atoms in total. The molecule has 8 heteroatoms. The molecule has 0 aliphatic rings. The van der Waals surface area contributed by atoms with Crippen LogP contribution in [0.5, 0.6) is 0 Å². The normalized spacial score (nSPS) is 10.9. The number of rotatable bonds is 3. The highest BCUT2D eigenvalue weighted by molar-refractivity contribution is 5.71. The lowest BCUT2D eigenvalue weighted by Gasteiger charge is -1.95. The fourth-order valence-corrected chi connectivity index (χ4v) is 1.69. The lowest BCUT2D eigenvalue weighted by Crippen LogP contribution is -2.18. The molecule has 0 saturated heterocycles. The van der Waals surface area contributed by atoms with Gasteiger partial charge in [-0.3, -0.25) is 4.79 Å². The number of nitrogens with one attached hydrogen (secondary N) is 2. The van der Waals surface area contributed by atoms with Crippen molar-refractivity contribution in [3.63, 3.8) is 0 Å². The minimum absolute atomic E-state index is 0.192. The van der Waals surface area contributed by atoms with Crippen LogP contribution in [0.1, 0.15) is 5.82 Å². The van der Waals surface area contributed by atoms with Gasteiger partial charge in [0.15, 0.2) is 12.0 Å². The van der Waals surface area contributed by atoms with Crippen molar-refractivity contribution >= 4 is 11.6 Å². The van der Waals surface area contributed by atoms with Crippen molar-refractivity contribution in [1.82, 2.24) is 25.3 Å². The van der Waals surface area contributed by atoms with E-state index >= 15 is 0 Å². The Hall–Kier alpha value is -2.77. The summed E-state index contributed by atoms with van der Waals surface area (Å²) in [6, 6.07) is 0. The van der Waals surface area contributed by atoms with Crippen LogP contribution < -0.4 is 4.52 Å². The van der Waals surface area contributed by atoms with Gasteiger partial charge < -0.3 is 5.11 Å². The highest BCUT2D eigenvalue weighted by Crippen LogP contribution is 2.16. The van der Waals surface area contributed by atoms with Gasteiger partial charge in [-0.05, 0) is 0 Å². The standard InChI is InChI=1S/C10H8N6O2/c17-9(18)3-8-12-5-7(14-15-8)6-4-13-16-2-1-11-10(6)16/h1-2,4-5H,3H2,(H2,11,13,14,17,18)/p+1. The van der Waals surface area contributed by atoms with Crippen LogP contribution in [0.2, 0.25) is 0 Å². The molecule has 18 heavy (non-hydrogen) atoms. The highest BCUT2D eigenvalue weighted by atomic mass is 16.4. The maximum Gasteiger partial charge on any atom is 0.314 e. The van der Waals surface area contributed by atoms with E-state index in [9.17, 15) is 4.79 Å².